The highest BCUT2D eigenvalue weighted by molar-refractivity contribution is 5.72. The van der Waals surface area contributed by atoms with Gasteiger partial charge in [0.2, 0.25) is 0 Å². The number of ether oxygens (including phenoxy) is 1. The van der Waals surface area contributed by atoms with Crippen molar-refractivity contribution in [3.63, 3.8) is 0 Å². The molecule has 112 valence electrons. The number of aromatic nitrogens is 2. The number of alkyl carbamates (subject to hydrolysis) is 1. The van der Waals surface area contributed by atoms with Crippen molar-refractivity contribution in [2.24, 2.45) is 7.05 Å². The summed E-state index contributed by atoms with van der Waals surface area (Å²) in [4.78, 5) is 22.7. The molecule has 7 nitrogen and oxygen atoms in total. The molecule has 0 aliphatic carbocycles. The van der Waals surface area contributed by atoms with E-state index in [1.165, 1.54) is 0 Å². The van der Waals surface area contributed by atoms with Crippen LogP contribution >= 0.6 is 0 Å². The Morgan fingerprint density at radius 3 is 2.50 bits per heavy atom. The maximum Gasteiger partial charge on any atom is 0.408 e. The smallest absolute Gasteiger partial charge is 0.408 e. The molecule has 0 saturated carbocycles. The van der Waals surface area contributed by atoms with Gasteiger partial charge in [-0.15, -0.1) is 0 Å². The number of carbonyl (C=O) groups excluding carboxylic acids is 1. The molecule has 0 aromatic carbocycles. The molecule has 2 N–H and O–H groups in total. The first-order valence-electron chi connectivity index (χ1n) is 6.30. The van der Waals surface area contributed by atoms with E-state index in [-0.39, 0.29) is 6.42 Å². The molecule has 0 aliphatic rings. The highest BCUT2D eigenvalue weighted by atomic mass is 16.6. The van der Waals surface area contributed by atoms with Crippen LogP contribution in [0, 0.1) is 6.92 Å². The van der Waals surface area contributed by atoms with E-state index < -0.39 is 23.7 Å². The van der Waals surface area contributed by atoms with Crippen LogP contribution in [-0.4, -0.2) is 32.6 Å². The average molecular weight is 283 g/mol. The monoisotopic (exact) mass is 283 g/mol. The van der Waals surface area contributed by atoms with Gasteiger partial charge >= 0.3 is 12.1 Å². The molecule has 1 aromatic heterocycles. The molecule has 20 heavy (non-hydrogen) atoms. The number of hydrogen-bond donors (Lipinski definition) is 2. The van der Waals surface area contributed by atoms with Crippen molar-refractivity contribution in [2.75, 3.05) is 0 Å². The van der Waals surface area contributed by atoms with Gasteiger partial charge < -0.3 is 15.2 Å². The standard InChI is InChI=1S/C13H21N3O4/c1-8-9(7-14-16(8)5)10(6-11(17)18)15-12(19)20-13(2,3)4/h7,10H,6H2,1-5H3,(H,15,19)(H,17,18). The maximum absolute atomic E-state index is 11.8. The van der Waals surface area contributed by atoms with Crippen LogP contribution in [0.1, 0.15) is 44.5 Å². The zero-order chi connectivity index (χ0) is 15.5. The first-order chi connectivity index (χ1) is 9.10. The summed E-state index contributed by atoms with van der Waals surface area (Å²) < 4.78 is 6.77. The fraction of sp³-hybridized carbons (Fsp3) is 0.615. The summed E-state index contributed by atoms with van der Waals surface area (Å²) in [5.74, 6) is -1.01. The Morgan fingerprint density at radius 1 is 1.50 bits per heavy atom. The van der Waals surface area contributed by atoms with Gasteiger partial charge in [0.05, 0.1) is 18.7 Å². The third-order valence-electron chi connectivity index (χ3n) is 2.72. The zero-order valence-corrected chi connectivity index (χ0v) is 12.4. The van der Waals surface area contributed by atoms with Crippen molar-refractivity contribution < 1.29 is 19.4 Å². The van der Waals surface area contributed by atoms with Gasteiger partial charge in [0.1, 0.15) is 5.60 Å². The lowest BCUT2D eigenvalue weighted by molar-refractivity contribution is -0.137. The molecule has 1 unspecified atom stereocenters. The Balaban J connectivity index is 2.88. The third-order valence-corrected chi connectivity index (χ3v) is 2.72. The van der Waals surface area contributed by atoms with E-state index in [2.05, 4.69) is 10.4 Å². The Kier molecular flexibility index (Phi) is 4.75. The normalized spacial score (nSPS) is 12.8. The topological polar surface area (TPSA) is 93.5 Å². The number of hydrogen-bond acceptors (Lipinski definition) is 4. The van der Waals surface area contributed by atoms with Gasteiger partial charge in [0, 0.05) is 18.3 Å². The molecule has 1 atom stereocenters. The summed E-state index contributed by atoms with van der Waals surface area (Å²) in [5, 5.41) is 15.6. The van der Waals surface area contributed by atoms with Crippen LogP contribution < -0.4 is 5.32 Å². The Morgan fingerprint density at radius 2 is 2.10 bits per heavy atom. The zero-order valence-electron chi connectivity index (χ0n) is 12.4. The third kappa shape index (κ3) is 4.56. The van der Waals surface area contributed by atoms with Crippen LogP contribution in [0.25, 0.3) is 0 Å². The maximum atomic E-state index is 11.8. The lowest BCUT2D eigenvalue weighted by atomic mass is 10.1. The number of aryl methyl sites for hydroxylation is 1. The fourth-order valence-corrected chi connectivity index (χ4v) is 1.72. The van der Waals surface area contributed by atoms with Crippen molar-refractivity contribution >= 4 is 12.1 Å². The number of amides is 1. The molecular formula is C13H21N3O4. The summed E-state index contributed by atoms with van der Waals surface area (Å²) in [6.07, 6.45) is 0.679. The highest BCUT2D eigenvalue weighted by Crippen LogP contribution is 2.21. The number of carbonyl (C=O) groups is 2. The van der Waals surface area contributed by atoms with Gasteiger partial charge in [-0.2, -0.15) is 5.10 Å². The van der Waals surface area contributed by atoms with Gasteiger partial charge in [0.15, 0.2) is 0 Å². The van der Waals surface area contributed by atoms with E-state index in [9.17, 15) is 9.59 Å². The number of carboxylic acid groups (broad SMARTS) is 1. The predicted octanol–water partition coefficient (Wildman–Crippen LogP) is 1.77. The van der Waals surface area contributed by atoms with E-state index >= 15 is 0 Å². The Bertz CT molecular complexity index is 502. The first kappa shape index (κ1) is 16.0. The molecule has 1 amide bonds. The van der Waals surface area contributed by atoms with Crippen molar-refractivity contribution in [1.29, 1.82) is 0 Å². The van der Waals surface area contributed by atoms with Crippen molar-refractivity contribution in [1.82, 2.24) is 15.1 Å². The summed E-state index contributed by atoms with van der Waals surface area (Å²) >= 11 is 0. The second-order valence-corrected chi connectivity index (χ2v) is 5.61. The molecule has 1 heterocycles. The van der Waals surface area contributed by atoms with Crippen LogP contribution in [-0.2, 0) is 16.6 Å². The van der Waals surface area contributed by atoms with Crippen LogP contribution in [0.3, 0.4) is 0 Å². The van der Waals surface area contributed by atoms with Gasteiger partial charge in [-0.1, -0.05) is 0 Å². The molecule has 0 bridgehead atoms. The lowest BCUT2D eigenvalue weighted by Crippen LogP contribution is -2.36. The molecule has 7 heteroatoms. The summed E-state index contributed by atoms with van der Waals surface area (Å²) in [6, 6.07) is -0.670. The summed E-state index contributed by atoms with van der Waals surface area (Å²) in [7, 11) is 1.75. The molecular weight excluding hydrogens is 262 g/mol. The van der Waals surface area contributed by atoms with Gasteiger partial charge in [-0.3, -0.25) is 9.48 Å². The fourth-order valence-electron chi connectivity index (χ4n) is 1.72. The van der Waals surface area contributed by atoms with E-state index in [0.717, 1.165) is 5.69 Å². The number of aliphatic carboxylic acids is 1. The Hall–Kier alpha value is -2.05. The first-order valence-corrected chi connectivity index (χ1v) is 6.30. The SMILES string of the molecule is Cc1c(C(CC(=O)O)NC(=O)OC(C)(C)C)cnn1C. The molecule has 0 spiro atoms. The minimum atomic E-state index is -1.01. The number of nitrogens with one attached hydrogen (secondary N) is 1. The van der Waals surface area contributed by atoms with Gasteiger partial charge in [-0.05, 0) is 27.7 Å². The second-order valence-electron chi connectivity index (χ2n) is 5.61. The van der Waals surface area contributed by atoms with E-state index in [1.54, 1.807) is 38.7 Å². The van der Waals surface area contributed by atoms with E-state index in [4.69, 9.17) is 9.84 Å². The highest BCUT2D eigenvalue weighted by Gasteiger charge is 2.24. The van der Waals surface area contributed by atoms with E-state index in [0.29, 0.717) is 5.56 Å². The van der Waals surface area contributed by atoms with Gasteiger partial charge in [-0.25, -0.2) is 4.79 Å². The average Bonchev–Trinajstić information content (AvgIpc) is 2.55. The van der Waals surface area contributed by atoms with Crippen LogP contribution in [0.15, 0.2) is 6.20 Å². The number of carboxylic acids is 1. The largest absolute Gasteiger partial charge is 0.481 e. The number of nitrogens with zero attached hydrogens (tertiary/aromatic N) is 2. The molecule has 0 aliphatic heterocycles. The van der Waals surface area contributed by atoms with Crippen LogP contribution in [0.2, 0.25) is 0 Å². The molecule has 1 aromatic rings. The summed E-state index contributed by atoms with van der Waals surface area (Å²) in [6.45, 7) is 7.05. The predicted molar refractivity (Wildman–Crippen MR) is 72.3 cm³/mol. The quantitative estimate of drug-likeness (QED) is 0.878. The van der Waals surface area contributed by atoms with E-state index in [1.807, 2.05) is 6.92 Å². The second kappa shape index (κ2) is 5.94. The molecule has 0 saturated heterocycles. The van der Waals surface area contributed by atoms with Crippen LogP contribution in [0.4, 0.5) is 4.79 Å². The minimum absolute atomic E-state index is 0.230. The number of rotatable bonds is 4. The molecule has 1 rings (SSSR count). The van der Waals surface area contributed by atoms with Crippen molar-refractivity contribution in [2.45, 2.75) is 45.8 Å². The molecule has 0 radical (unpaired) electrons. The Labute approximate surface area is 117 Å². The lowest BCUT2D eigenvalue weighted by Gasteiger charge is -2.23. The van der Waals surface area contributed by atoms with Crippen molar-refractivity contribution in [3.8, 4) is 0 Å². The van der Waals surface area contributed by atoms with Crippen LogP contribution in [0.5, 0.6) is 0 Å². The molecule has 0 fully saturated rings. The van der Waals surface area contributed by atoms with Gasteiger partial charge in [0.25, 0.3) is 0 Å². The summed E-state index contributed by atoms with van der Waals surface area (Å²) in [5.41, 5.74) is 0.829. The van der Waals surface area contributed by atoms with Crippen molar-refractivity contribution in [3.05, 3.63) is 17.5 Å². The minimum Gasteiger partial charge on any atom is -0.481 e.